The number of hydrogen-bond donors (Lipinski definition) is 2. The second kappa shape index (κ2) is 7.40. The number of carbonyl (C=O) groups is 2. The molecule has 0 aromatic carbocycles. The van der Waals surface area contributed by atoms with E-state index in [0.717, 1.165) is 46.6 Å². The van der Waals surface area contributed by atoms with Crippen LogP contribution < -0.4 is 5.32 Å². The van der Waals surface area contributed by atoms with Crippen LogP contribution in [0.4, 0.5) is 9.59 Å². The fourth-order valence-electron chi connectivity index (χ4n) is 3.78. The Kier molecular flexibility index (Phi) is 5.51. The SMILES string of the molecule is CC(O)c1ccc(C2(CNC(=O)N3CCN(S(C)(=O)=O)C3=O)CCCC2)s1. The Balaban J connectivity index is 1.70. The van der Waals surface area contributed by atoms with E-state index in [2.05, 4.69) is 5.32 Å². The van der Waals surface area contributed by atoms with Crippen molar-refractivity contribution in [3.63, 3.8) is 0 Å². The van der Waals surface area contributed by atoms with E-state index in [0.29, 0.717) is 10.8 Å². The fourth-order valence-corrected chi connectivity index (χ4v) is 5.76. The normalized spacial score (nSPS) is 20.9. The summed E-state index contributed by atoms with van der Waals surface area (Å²) in [6.07, 6.45) is 4.40. The smallest absolute Gasteiger partial charge is 0.341 e. The average Bonchev–Trinajstić information content (AvgIpc) is 3.31. The van der Waals surface area contributed by atoms with Crippen LogP contribution in [0.1, 0.15) is 48.5 Å². The summed E-state index contributed by atoms with van der Waals surface area (Å²) >= 11 is 1.56. The lowest BCUT2D eigenvalue weighted by atomic mass is 9.84. The number of nitrogens with zero attached hydrogens (tertiary/aromatic N) is 2. The van der Waals surface area contributed by atoms with Crippen LogP contribution in [0.15, 0.2) is 12.1 Å². The van der Waals surface area contributed by atoms with Gasteiger partial charge in [0, 0.05) is 21.7 Å². The highest BCUT2D eigenvalue weighted by Crippen LogP contribution is 2.44. The quantitative estimate of drug-likeness (QED) is 0.765. The Hall–Kier alpha value is -1.65. The molecule has 1 unspecified atom stereocenters. The first-order chi connectivity index (χ1) is 12.6. The molecule has 150 valence electrons. The highest BCUT2D eigenvalue weighted by atomic mass is 32.2. The lowest BCUT2D eigenvalue weighted by Crippen LogP contribution is -2.47. The van der Waals surface area contributed by atoms with Gasteiger partial charge in [-0.3, -0.25) is 0 Å². The number of aliphatic hydroxyl groups excluding tert-OH is 1. The molecule has 1 aliphatic carbocycles. The van der Waals surface area contributed by atoms with E-state index >= 15 is 0 Å². The maximum atomic E-state index is 12.5. The zero-order valence-electron chi connectivity index (χ0n) is 15.5. The van der Waals surface area contributed by atoms with Crippen LogP contribution in [0, 0.1) is 0 Å². The van der Waals surface area contributed by atoms with Gasteiger partial charge in [-0.15, -0.1) is 11.3 Å². The molecule has 2 fully saturated rings. The Morgan fingerprint density at radius 3 is 2.52 bits per heavy atom. The van der Waals surface area contributed by atoms with Crippen molar-refractivity contribution in [1.29, 1.82) is 0 Å². The number of carbonyl (C=O) groups excluding carboxylic acids is 2. The number of urea groups is 2. The number of nitrogens with one attached hydrogen (secondary N) is 1. The average molecular weight is 416 g/mol. The van der Waals surface area contributed by atoms with E-state index in [1.54, 1.807) is 18.3 Å². The number of aliphatic hydroxyl groups is 1. The zero-order valence-corrected chi connectivity index (χ0v) is 17.1. The summed E-state index contributed by atoms with van der Waals surface area (Å²) < 4.78 is 23.9. The zero-order chi connectivity index (χ0) is 19.8. The summed E-state index contributed by atoms with van der Waals surface area (Å²) in [5.74, 6) is 0. The Morgan fingerprint density at radius 1 is 1.33 bits per heavy atom. The van der Waals surface area contributed by atoms with Crippen LogP contribution in [0.2, 0.25) is 0 Å². The first-order valence-electron chi connectivity index (χ1n) is 8.99. The van der Waals surface area contributed by atoms with E-state index in [4.69, 9.17) is 0 Å². The van der Waals surface area contributed by atoms with Crippen molar-refractivity contribution < 1.29 is 23.1 Å². The van der Waals surface area contributed by atoms with Crippen molar-refractivity contribution in [1.82, 2.24) is 14.5 Å². The van der Waals surface area contributed by atoms with Crippen molar-refractivity contribution in [3.8, 4) is 0 Å². The van der Waals surface area contributed by atoms with Gasteiger partial charge < -0.3 is 10.4 Å². The lowest BCUT2D eigenvalue weighted by molar-refractivity contribution is 0.192. The van der Waals surface area contributed by atoms with Crippen LogP contribution in [0.5, 0.6) is 0 Å². The molecule has 3 rings (SSSR count). The molecule has 1 aromatic rings. The van der Waals surface area contributed by atoms with Gasteiger partial charge in [-0.2, -0.15) is 0 Å². The van der Waals surface area contributed by atoms with E-state index in [1.807, 2.05) is 12.1 Å². The van der Waals surface area contributed by atoms with Crippen LogP contribution in [0.3, 0.4) is 0 Å². The van der Waals surface area contributed by atoms with Gasteiger partial charge >= 0.3 is 12.1 Å². The number of thiophene rings is 1. The maximum Gasteiger partial charge on any atom is 0.341 e. The van der Waals surface area contributed by atoms with Gasteiger partial charge in [0.15, 0.2) is 0 Å². The molecule has 8 nitrogen and oxygen atoms in total. The third kappa shape index (κ3) is 3.97. The number of hydrogen-bond acceptors (Lipinski definition) is 6. The molecule has 0 spiro atoms. The number of rotatable bonds is 5. The standard InChI is InChI=1S/C17H25N3O5S2/c1-12(21)13-5-6-14(26-13)17(7-3-4-8-17)11-18-15(22)19-9-10-20(16(19)23)27(2,24)25/h5-6,12,21H,3-4,7-11H2,1-2H3,(H,18,22). The van der Waals surface area contributed by atoms with Gasteiger partial charge in [-0.25, -0.2) is 27.2 Å². The fraction of sp³-hybridized carbons (Fsp3) is 0.647. The van der Waals surface area contributed by atoms with Gasteiger partial charge in [0.05, 0.1) is 25.4 Å². The summed E-state index contributed by atoms with van der Waals surface area (Å²) in [6.45, 7) is 2.15. The predicted octanol–water partition coefficient (Wildman–Crippen LogP) is 2.02. The first-order valence-corrected chi connectivity index (χ1v) is 11.7. The Morgan fingerprint density at radius 2 is 2.00 bits per heavy atom. The summed E-state index contributed by atoms with van der Waals surface area (Å²) in [6, 6.07) is 2.56. The number of amides is 4. The molecule has 0 bridgehead atoms. The minimum absolute atomic E-state index is 0.0150. The van der Waals surface area contributed by atoms with Crippen molar-refractivity contribution in [2.75, 3.05) is 25.9 Å². The Labute approximate surface area is 163 Å². The summed E-state index contributed by atoms with van der Waals surface area (Å²) in [7, 11) is -3.67. The highest BCUT2D eigenvalue weighted by Gasteiger charge is 2.41. The topological polar surface area (TPSA) is 107 Å². The van der Waals surface area contributed by atoms with Crippen molar-refractivity contribution >= 4 is 33.4 Å². The molecule has 1 atom stereocenters. The first kappa shape index (κ1) is 20.1. The predicted molar refractivity (Wildman–Crippen MR) is 102 cm³/mol. The van der Waals surface area contributed by atoms with Gasteiger partial charge in [0.25, 0.3) is 0 Å². The van der Waals surface area contributed by atoms with Crippen LogP contribution >= 0.6 is 11.3 Å². The van der Waals surface area contributed by atoms with Crippen LogP contribution in [-0.2, 0) is 15.4 Å². The van der Waals surface area contributed by atoms with E-state index in [1.165, 1.54) is 0 Å². The van der Waals surface area contributed by atoms with Gasteiger partial charge in [-0.1, -0.05) is 12.8 Å². The third-order valence-electron chi connectivity index (χ3n) is 5.32. The van der Waals surface area contributed by atoms with Crippen molar-refractivity contribution in [2.24, 2.45) is 0 Å². The Bertz CT molecular complexity index is 827. The highest BCUT2D eigenvalue weighted by molar-refractivity contribution is 7.88. The minimum atomic E-state index is -3.67. The molecule has 0 radical (unpaired) electrons. The molecule has 4 amide bonds. The van der Waals surface area contributed by atoms with Crippen molar-refractivity contribution in [2.45, 2.75) is 44.1 Å². The molecule has 2 aliphatic rings. The van der Waals surface area contributed by atoms with Gasteiger partial charge in [0.2, 0.25) is 10.0 Å². The monoisotopic (exact) mass is 415 g/mol. The molecule has 27 heavy (non-hydrogen) atoms. The third-order valence-corrected chi connectivity index (χ3v) is 7.96. The minimum Gasteiger partial charge on any atom is -0.388 e. The van der Waals surface area contributed by atoms with Crippen LogP contribution in [-0.4, -0.2) is 60.7 Å². The summed E-state index contributed by atoms with van der Waals surface area (Å²) in [4.78, 5) is 27.7. The number of sulfonamides is 1. The molecule has 2 heterocycles. The largest absolute Gasteiger partial charge is 0.388 e. The van der Waals surface area contributed by atoms with Crippen LogP contribution in [0.25, 0.3) is 0 Å². The van der Waals surface area contributed by atoms with Gasteiger partial charge in [-0.05, 0) is 31.9 Å². The van der Waals surface area contributed by atoms with E-state index in [-0.39, 0.29) is 18.5 Å². The molecule has 1 aliphatic heterocycles. The number of imide groups is 1. The van der Waals surface area contributed by atoms with E-state index in [9.17, 15) is 23.1 Å². The van der Waals surface area contributed by atoms with Crippen molar-refractivity contribution in [3.05, 3.63) is 21.9 Å². The van der Waals surface area contributed by atoms with E-state index < -0.39 is 28.2 Å². The molecular weight excluding hydrogens is 390 g/mol. The molecule has 1 saturated heterocycles. The van der Waals surface area contributed by atoms with Gasteiger partial charge in [0.1, 0.15) is 0 Å². The molecule has 2 N–H and O–H groups in total. The molecule has 1 saturated carbocycles. The molecular formula is C17H25N3O5S2. The summed E-state index contributed by atoms with van der Waals surface area (Å²) in [5.41, 5.74) is -0.202. The molecule has 1 aromatic heterocycles. The lowest BCUT2D eigenvalue weighted by Gasteiger charge is -2.29. The summed E-state index contributed by atoms with van der Waals surface area (Å²) in [5, 5.41) is 12.6. The second-order valence-electron chi connectivity index (χ2n) is 7.29. The second-order valence-corrected chi connectivity index (χ2v) is 10.3. The molecule has 10 heteroatoms. The maximum absolute atomic E-state index is 12.5.